The molecule has 0 saturated carbocycles. The van der Waals surface area contributed by atoms with Crippen LogP contribution in [0.1, 0.15) is 30.2 Å². The number of anilines is 2. The molecule has 0 saturated heterocycles. The molecule has 3 heteroatoms. The van der Waals surface area contributed by atoms with Crippen LogP contribution in [0.5, 0.6) is 0 Å². The van der Waals surface area contributed by atoms with Gasteiger partial charge in [-0.3, -0.25) is 0 Å². The van der Waals surface area contributed by atoms with Crippen LogP contribution in [0, 0.1) is 6.92 Å². The zero-order valence-corrected chi connectivity index (χ0v) is 13.1. The fourth-order valence-corrected chi connectivity index (χ4v) is 2.32. The fourth-order valence-electron chi connectivity index (χ4n) is 2.17. The monoisotopic (exact) mass is 288 g/mol. The smallest absolute Gasteiger partial charge is 0.133 e. The molecule has 0 bridgehead atoms. The van der Waals surface area contributed by atoms with Crippen LogP contribution in [0.3, 0.4) is 0 Å². The van der Waals surface area contributed by atoms with E-state index in [1.54, 1.807) is 0 Å². The lowest BCUT2D eigenvalue weighted by molar-refractivity contribution is 0.875. The number of halogens is 1. The molecule has 1 heterocycles. The Labute approximate surface area is 126 Å². The van der Waals surface area contributed by atoms with Gasteiger partial charge in [0.2, 0.25) is 0 Å². The van der Waals surface area contributed by atoms with Crippen molar-refractivity contribution >= 4 is 23.1 Å². The highest BCUT2D eigenvalue weighted by molar-refractivity contribution is 6.17. The number of aromatic nitrogens is 1. The number of hydrogen-bond donors (Lipinski definition) is 0. The van der Waals surface area contributed by atoms with E-state index in [-0.39, 0.29) is 0 Å². The molecule has 0 spiro atoms. The average Bonchev–Trinajstić information content (AvgIpc) is 2.47. The number of rotatable bonds is 5. The first-order valence-electron chi connectivity index (χ1n) is 7.00. The second-order valence-corrected chi connectivity index (χ2v) is 5.37. The summed E-state index contributed by atoms with van der Waals surface area (Å²) in [6.07, 6.45) is 2.08. The van der Waals surface area contributed by atoms with Crippen LogP contribution >= 0.6 is 11.6 Å². The molecule has 0 aliphatic carbocycles. The second kappa shape index (κ2) is 6.76. The second-order valence-electron chi connectivity index (χ2n) is 5.10. The van der Waals surface area contributed by atoms with Crippen molar-refractivity contribution in [2.75, 3.05) is 11.9 Å². The third-order valence-corrected chi connectivity index (χ3v) is 3.66. The molecule has 0 N–H and O–H groups in total. The molecule has 0 aliphatic heterocycles. The van der Waals surface area contributed by atoms with Gasteiger partial charge >= 0.3 is 0 Å². The number of alkyl halides is 1. The molecule has 1 aromatic carbocycles. The fraction of sp³-hybridized carbons (Fsp3) is 0.353. The van der Waals surface area contributed by atoms with Crippen molar-refractivity contribution in [2.45, 2.75) is 32.6 Å². The lowest BCUT2D eigenvalue weighted by Gasteiger charge is -2.20. The predicted molar refractivity (Wildman–Crippen MR) is 87.0 cm³/mol. The van der Waals surface area contributed by atoms with Gasteiger partial charge in [0.25, 0.3) is 0 Å². The molecule has 20 heavy (non-hydrogen) atoms. The number of hydrogen-bond acceptors (Lipinski definition) is 2. The SMILES string of the molecule is CCCc1cc(CCl)cc(N(C)c2ccc(C)cc2)n1. The minimum Gasteiger partial charge on any atom is -0.329 e. The Morgan fingerprint density at radius 1 is 1.15 bits per heavy atom. The van der Waals surface area contributed by atoms with E-state index >= 15 is 0 Å². The van der Waals surface area contributed by atoms with Crippen LogP contribution in [-0.4, -0.2) is 12.0 Å². The largest absolute Gasteiger partial charge is 0.329 e. The normalized spacial score (nSPS) is 10.6. The van der Waals surface area contributed by atoms with Gasteiger partial charge in [-0.25, -0.2) is 4.98 Å². The average molecular weight is 289 g/mol. The Balaban J connectivity index is 2.34. The molecule has 1 aromatic heterocycles. The van der Waals surface area contributed by atoms with E-state index in [4.69, 9.17) is 16.6 Å². The lowest BCUT2D eigenvalue weighted by Crippen LogP contribution is -2.12. The number of pyridine rings is 1. The van der Waals surface area contributed by atoms with Crippen molar-refractivity contribution in [3.05, 3.63) is 53.2 Å². The Bertz CT molecular complexity index is 564. The zero-order valence-electron chi connectivity index (χ0n) is 12.4. The molecular formula is C17H21ClN2. The van der Waals surface area contributed by atoms with Gasteiger partial charge in [0.05, 0.1) is 0 Å². The maximum atomic E-state index is 6.00. The summed E-state index contributed by atoms with van der Waals surface area (Å²) in [5, 5.41) is 0. The quantitative estimate of drug-likeness (QED) is 0.731. The van der Waals surface area contributed by atoms with Crippen molar-refractivity contribution in [2.24, 2.45) is 0 Å². The van der Waals surface area contributed by atoms with Gasteiger partial charge in [-0.1, -0.05) is 31.0 Å². The van der Waals surface area contributed by atoms with E-state index in [2.05, 4.69) is 55.1 Å². The Kier molecular flexibility index (Phi) is 5.02. The Hall–Kier alpha value is -1.54. The molecule has 0 aliphatic rings. The maximum Gasteiger partial charge on any atom is 0.133 e. The maximum absolute atomic E-state index is 6.00. The van der Waals surface area contributed by atoms with Crippen molar-refractivity contribution < 1.29 is 0 Å². The van der Waals surface area contributed by atoms with Crippen molar-refractivity contribution in [3.63, 3.8) is 0 Å². The molecule has 0 atom stereocenters. The van der Waals surface area contributed by atoms with E-state index in [1.165, 1.54) is 5.56 Å². The van der Waals surface area contributed by atoms with Gasteiger partial charge in [-0.2, -0.15) is 0 Å². The number of benzene rings is 1. The standard InChI is InChI=1S/C17H21ClN2/c1-4-5-15-10-14(12-18)11-17(19-15)20(3)16-8-6-13(2)7-9-16/h6-11H,4-5,12H2,1-3H3. The van der Waals surface area contributed by atoms with E-state index in [0.717, 1.165) is 35.6 Å². The lowest BCUT2D eigenvalue weighted by atomic mass is 10.1. The van der Waals surface area contributed by atoms with Crippen LogP contribution in [-0.2, 0) is 12.3 Å². The summed E-state index contributed by atoms with van der Waals surface area (Å²) >= 11 is 6.00. The highest BCUT2D eigenvalue weighted by atomic mass is 35.5. The van der Waals surface area contributed by atoms with Crippen LogP contribution in [0.25, 0.3) is 0 Å². The zero-order chi connectivity index (χ0) is 14.5. The summed E-state index contributed by atoms with van der Waals surface area (Å²) < 4.78 is 0. The van der Waals surface area contributed by atoms with Crippen LogP contribution in [0.2, 0.25) is 0 Å². The van der Waals surface area contributed by atoms with E-state index < -0.39 is 0 Å². The van der Waals surface area contributed by atoms with Crippen molar-refractivity contribution in [1.82, 2.24) is 4.98 Å². The third kappa shape index (κ3) is 3.51. The highest BCUT2D eigenvalue weighted by Crippen LogP contribution is 2.24. The molecule has 0 amide bonds. The van der Waals surface area contributed by atoms with Crippen LogP contribution in [0.4, 0.5) is 11.5 Å². The Morgan fingerprint density at radius 2 is 1.85 bits per heavy atom. The number of aryl methyl sites for hydroxylation is 2. The summed E-state index contributed by atoms with van der Waals surface area (Å²) in [6.45, 7) is 4.26. The summed E-state index contributed by atoms with van der Waals surface area (Å²) in [5.74, 6) is 1.48. The van der Waals surface area contributed by atoms with E-state index in [1.807, 2.05) is 7.05 Å². The van der Waals surface area contributed by atoms with Crippen molar-refractivity contribution in [1.29, 1.82) is 0 Å². The van der Waals surface area contributed by atoms with Gasteiger partial charge in [-0.15, -0.1) is 11.6 Å². The molecule has 2 rings (SSSR count). The first-order valence-corrected chi connectivity index (χ1v) is 7.53. The summed E-state index contributed by atoms with van der Waals surface area (Å²) in [7, 11) is 2.04. The minimum absolute atomic E-state index is 0.522. The molecule has 106 valence electrons. The van der Waals surface area contributed by atoms with E-state index in [9.17, 15) is 0 Å². The molecule has 0 radical (unpaired) electrons. The van der Waals surface area contributed by atoms with Gasteiger partial charge in [0.1, 0.15) is 5.82 Å². The van der Waals surface area contributed by atoms with E-state index in [0.29, 0.717) is 5.88 Å². The molecule has 0 fully saturated rings. The summed E-state index contributed by atoms with van der Waals surface area (Å²) in [5.41, 5.74) is 4.63. The van der Waals surface area contributed by atoms with Gasteiger partial charge in [0.15, 0.2) is 0 Å². The highest BCUT2D eigenvalue weighted by Gasteiger charge is 2.08. The number of nitrogens with zero attached hydrogens (tertiary/aromatic N) is 2. The topological polar surface area (TPSA) is 16.1 Å². The van der Waals surface area contributed by atoms with Crippen molar-refractivity contribution in [3.8, 4) is 0 Å². The molecule has 2 aromatic rings. The molecule has 2 nitrogen and oxygen atoms in total. The molecule has 0 unspecified atom stereocenters. The summed E-state index contributed by atoms with van der Waals surface area (Å²) in [4.78, 5) is 6.84. The summed E-state index contributed by atoms with van der Waals surface area (Å²) in [6, 6.07) is 12.6. The van der Waals surface area contributed by atoms with Gasteiger partial charge in [-0.05, 0) is 43.2 Å². The van der Waals surface area contributed by atoms with Crippen LogP contribution < -0.4 is 4.90 Å². The van der Waals surface area contributed by atoms with Gasteiger partial charge in [0, 0.05) is 24.3 Å². The first kappa shape index (κ1) is 14.9. The third-order valence-electron chi connectivity index (χ3n) is 3.35. The Morgan fingerprint density at radius 3 is 2.45 bits per heavy atom. The predicted octanol–water partition coefficient (Wildman–Crippen LogP) is 4.85. The first-order chi connectivity index (χ1) is 9.63. The minimum atomic E-state index is 0.522. The molecular weight excluding hydrogens is 268 g/mol. The van der Waals surface area contributed by atoms with Crippen LogP contribution in [0.15, 0.2) is 36.4 Å². The van der Waals surface area contributed by atoms with Gasteiger partial charge < -0.3 is 4.90 Å².